The number of likely N-dealkylation sites (tertiary alicyclic amines) is 1. The van der Waals surface area contributed by atoms with Crippen LogP contribution in [0.25, 0.3) is 0 Å². The molecule has 1 saturated heterocycles. The van der Waals surface area contributed by atoms with E-state index < -0.39 is 0 Å². The Labute approximate surface area is 220 Å². The molecule has 2 heterocycles. The van der Waals surface area contributed by atoms with Crippen LogP contribution in [-0.2, 0) is 17.8 Å². The van der Waals surface area contributed by atoms with Gasteiger partial charge in [0.2, 0.25) is 5.91 Å². The number of aryl methyl sites for hydroxylation is 1. The summed E-state index contributed by atoms with van der Waals surface area (Å²) < 4.78 is 16.1. The highest BCUT2D eigenvalue weighted by molar-refractivity contribution is 5.79. The average Bonchev–Trinajstić information content (AvgIpc) is 3.29. The maximum atomic E-state index is 14.0. The third-order valence-electron chi connectivity index (χ3n) is 8.17. The van der Waals surface area contributed by atoms with Crippen molar-refractivity contribution in [3.63, 3.8) is 0 Å². The molecule has 0 spiro atoms. The topological polar surface area (TPSA) is 50.2 Å². The van der Waals surface area contributed by atoms with Gasteiger partial charge in [0, 0.05) is 37.0 Å². The predicted molar refractivity (Wildman–Crippen MR) is 145 cm³/mol. The Morgan fingerprint density at radius 3 is 2.51 bits per heavy atom. The first-order valence-electron chi connectivity index (χ1n) is 14.0. The molecule has 5 nitrogen and oxygen atoms in total. The average molecular weight is 503 g/mol. The van der Waals surface area contributed by atoms with Crippen molar-refractivity contribution < 1.29 is 9.18 Å². The Balaban J connectivity index is 1.18. The van der Waals surface area contributed by atoms with Crippen molar-refractivity contribution in [1.82, 2.24) is 20.0 Å². The summed E-state index contributed by atoms with van der Waals surface area (Å²) in [6, 6.07) is 19.4. The molecule has 1 aliphatic heterocycles. The molecule has 0 radical (unpaired) electrons. The number of carbonyl (C=O) groups is 1. The van der Waals surface area contributed by atoms with Crippen LogP contribution >= 0.6 is 0 Å². The standard InChI is InChI=1S/C31H39FN4O/c1-2-36-30(22-28(34-36)20-23-8-4-3-5-9-23)24-14-17-35(18-15-24)19-16-29(26-12-7-13-27(32)21-26)33-31(37)25-10-6-11-25/h3-5,7-9,12-13,21-22,24-25,29H,2,6,10-11,14-20H2,1H3,(H,33,37)/t29-/m0/s1. The summed E-state index contributed by atoms with van der Waals surface area (Å²) >= 11 is 0. The molecule has 2 aromatic carbocycles. The van der Waals surface area contributed by atoms with Crippen LogP contribution in [0.2, 0.25) is 0 Å². The van der Waals surface area contributed by atoms with Gasteiger partial charge in [-0.1, -0.05) is 48.9 Å². The molecule has 2 fully saturated rings. The first kappa shape index (κ1) is 25.7. The number of benzene rings is 2. The van der Waals surface area contributed by atoms with Gasteiger partial charge in [-0.25, -0.2) is 4.39 Å². The third kappa shape index (κ3) is 6.48. The molecule has 37 heavy (non-hydrogen) atoms. The van der Waals surface area contributed by atoms with Crippen molar-refractivity contribution in [2.75, 3.05) is 19.6 Å². The minimum atomic E-state index is -0.250. The van der Waals surface area contributed by atoms with Crippen LogP contribution in [0.4, 0.5) is 4.39 Å². The molecule has 1 saturated carbocycles. The Bertz CT molecular complexity index is 1160. The summed E-state index contributed by atoms with van der Waals surface area (Å²) in [6.07, 6.45) is 6.94. The monoisotopic (exact) mass is 502 g/mol. The number of nitrogens with zero attached hydrogens (tertiary/aromatic N) is 3. The summed E-state index contributed by atoms with van der Waals surface area (Å²) in [7, 11) is 0. The lowest BCUT2D eigenvalue weighted by molar-refractivity contribution is -0.128. The zero-order valence-corrected chi connectivity index (χ0v) is 21.9. The maximum Gasteiger partial charge on any atom is 0.223 e. The summed E-state index contributed by atoms with van der Waals surface area (Å²) in [5, 5.41) is 8.13. The minimum absolute atomic E-state index is 0.123. The van der Waals surface area contributed by atoms with E-state index >= 15 is 0 Å². The fraction of sp³-hybridized carbons (Fsp3) is 0.484. The van der Waals surface area contributed by atoms with Crippen LogP contribution in [-0.4, -0.2) is 40.2 Å². The molecule has 2 aliphatic rings. The van der Waals surface area contributed by atoms with Crippen molar-refractivity contribution in [2.24, 2.45) is 5.92 Å². The van der Waals surface area contributed by atoms with Crippen molar-refractivity contribution in [3.8, 4) is 0 Å². The molecule has 1 atom stereocenters. The number of piperidine rings is 1. The highest BCUT2D eigenvalue weighted by atomic mass is 19.1. The second kappa shape index (κ2) is 12.0. The van der Waals surface area contributed by atoms with Crippen LogP contribution in [0.5, 0.6) is 0 Å². The number of hydrogen-bond acceptors (Lipinski definition) is 3. The number of amides is 1. The summed E-state index contributed by atoms with van der Waals surface area (Å²) in [6.45, 7) is 6.01. The Kier molecular flexibility index (Phi) is 8.34. The molecule has 1 N–H and O–H groups in total. The second-order valence-corrected chi connectivity index (χ2v) is 10.7. The van der Waals surface area contributed by atoms with Gasteiger partial charge in [-0.15, -0.1) is 0 Å². The molecule has 5 rings (SSSR count). The molecule has 6 heteroatoms. The molecule has 3 aromatic rings. The molecule has 1 aromatic heterocycles. The lowest BCUT2D eigenvalue weighted by atomic mass is 9.84. The minimum Gasteiger partial charge on any atom is -0.349 e. The van der Waals surface area contributed by atoms with Crippen LogP contribution in [0.3, 0.4) is 0 Å². The Hall–Kier alpha value is -2.99. The van der Waals surface area contributed by atoms with E-state index in [1.807, 2.05) is 6.07 Å². The SMILES string of the molecule is CCn1nc(Cc2ccccc2)cc1C1CCN(CC[C@H](NC(=O)C2CCC2)c2cccc(F)c2)CC1. The number of aromatic nitrogens is 2. The van der Waals surface area contributed by atoms with Gasteiger partial charge < -0.3 is 10.2 Å². The van der Waals surface area contributed by atoms with E-state index in [4.69, 9.17) is 5.10 Å². The summed E-state index contributed by atoms with van der Waals surface area (Å²) in [5.41, 5.74) is 4.66. The zero-order chi connectivity index (χ0) is 25.6. The smallest absolute Gasteiger partial charge is 0.223 e. The van der Waals surface area contributed by atoms with Gasteiger partial charge in [0.25, 0.3) is 0 Å². The molecular formula is C31H39FN4O. The summed E-state index contributed by atoms with van der Waals surface area (Å²) in [5.74, 6) is 0.520. The molecule has 1 amide bonds. The van der Waals surface area contributed by atoms with Gasteiger partial charge in [-0.05, 0) is 81.4 Å². The zero-order valence-electron chi connectivity index (χ0n) is 21.9. The third-order valence-corrected chi connectivity index (χ3v) is 8.17. The van der Waals surface area contributed by atoms with E-state index in [1.165, 1.54) is 17.3 Å². The second-order valence-electron chi connectivity index (χ2n) is 10.7. The molecule has 196 valence electrons. The van der Waals surface area contributed by atoms with Gasteiger partial charge in [0.15, 0.2) is 0 Å². The normalized spacial score (nSPS) is 17.9. The van der Waals surface area contributed by atoms with Crippen molar-refractivity contribution in [3.05, 3.63) is 89.0 Å². The van der Waals surface area contributed by atoms with Crippen LogP contribution in [0, 0.1) is 11.7 Å². The van der Waals surface area contributed by atoms with Gasteiger partial charge in [-0.3, -0.25) is 9.48 Å². The molecule has 0 bridgehead atoms. The van der Waals surface area contributed by atoms with E-state index in [2.05, 4.69) is 58.2 Å². The van der Waals surface area contributed by atoms with Gasteiger partial charge in [0.1, 0.15) is 5.82 Å². The van der Waals surface area contributed by atoms with Gasteiger partial charge >= 0.3 is 0 Å². The molecule has 1 aliphatic carbocycles. The van der Waals surface area contributed by atoms with E-state index in [1.54, 1.807) is 12.1 Å². The number of rotatable bonds is 10. The quantitative estimate of drug-likeness (QED) is 0.378. The summed E-state index contributed by atoms with van der Waals surface area (Å²) in [4.78, 5) is 15.2. The molecule has 0 unspecified atom stereocenters. The lowest BCUT2D eigenvalue weighted by Crippen LogP contribution is -2.39. The number of hydrogen-bond donors (Lipinski definition) is 1. The highest BCUT2D eigenvalue weighted by Gasteiger charge is 2.29. The first-order valence-corrected chi connectivity index (χ1v) is 14.0. The van der Waals surface area contributed by atoms with Gasteiger partial charge in [-0.2, -0.15) is 5.10 Å². The van der Waals surface area contributed by atoms with E-state index in [0.29, 0.717) is 5.92 Å². The Morgan fingerprint density at radius 1 is 1.05 bits per heavy atom. The number of carbonyl (C=O) groups excluding carboxylic acids is 1. The van der Waals surface area contributed by atoms with Crippen LogP contribution < -0.4 is 5.32 Å². The van der Waals surface area contributed by atoms with Crippen molar-refractivity contribution in [2.45, 2.75) is 70.4 Å². The van der Waals surface area contributed by atoms with Gasteiger partial charge in [0.05, 0.1) is 11.7 Å². The Morgan fingerprint density at radius 2 is 1.84 bits per heavy atom. The first-order chi connectivity index (χ1) is 18.1. The fourth-order valence-electron chi connectivity index (χ4n) is 5.73. The fourth-order valence-corrected chi connectivity index (χ4v) is 5.73. The maximum absolute atomic E-state index is 14.0. The highest BCUT2D eigenvalue weighted by Crippen LogP contribution is 2.31. The van der Waals surface area contributed by atoms with Crippen molar-refractivity contribution in [1.29, 1.82) is 0 Å². The van der Waals surface area contributed by atoms with E-state index in [0.717, 1.165) is 82.4 Å². The largest absolute Gasteiger partial charge is 0.349 e. The number of halogens is 1. The lowest BCUT2D eigenvalue weighted by Gasteiger charge is -2.34. The number of nitrogens with one attached hydrogen (secondary N) is 1. The van der Waals surface area contributed by atoms with Crippen LogP contribution in [0.1, 0.15) is 79.9 Å². The van der Waals surface area contributed by atoms with E-state index in [9.17, 15) is 9.18 Å². The molecular weight excluding hydrogens is 463 g/mol. The van der Waals surface area contributed by atoms with Crippen molar-refractivity contribution >= 4 is 5.91 Å². The van der Waals surface area contributed by atoms with E-state index in [-0.39, 0.29) is 23.7 Å². The predicted octanol–water partition coefficient (Wildman–Crippen LogP) is 5.86. The van der Waals surface area contributed by atoms with Crippen LogP contribution in [0.15, 0.2) is 60.7 Å².